The van der Waals surface area contributed by atoms with Gasteiger partial charge in [-0.05, 0) is 35.4 Å². The highest BCUT2D eigenvalue weighted by Crippen LogP contribution is 2.06. The lowest BCUT2D eigenvalue weighted by Crippen LogP contribution is -2.41. The molecule has 8 heteroatoms. The highest BCUT2D eigenvalue weighted by Gasteiger charge is 2.09. The van der Waals surface area contributed by atoms with Gasteiger partial charge in [-0.3, -0.25) is 4.90 Å². The van der Waals surface area contributed by atoms with E-state index < -0.39 is 0 Å². The summed E-state index contributed by atoms with van der Waals surface area (Å²) in [4.78, 5) is 7.08. The summed E-state index contributed by atoms with van der Waals surface area (Å²) in [5.74, 6) is 0.857. The Hall–Kier alpha value is -0.420. The van der Waals surface area contributed by atoms with Crippen LogP contribution in [0.15, 0.2) is 21.8 Å². The highest BCUT2D eigenvalue weighted by atomic mass is 127. The Morgan fingerprint density at radius 3 is 2.83 bits per heavy atom. The fourth-order valence-electron chi connectivity index (χ4n) is 2.33. The number of nitrogens with one attached hydrogen (secondary N) is 2. The van der Waals surface area contributed by atoms with Crippen molar-refractivity contribution in [2.45, 2.75) is 13.0 Å². The lowest BCUT2D eigenvalue weighted by atomic mass is 10.3. The van der Waals surface area contributed by atoms with E-state index in [0.717, 1.165) is 58.3 Å². The van der Waals surface area contributed by atoms with Gasteiger partial charge >= 0.3 is 0 Å². The summed E-state index contributed by atoms with van der Waals surface area (Å²) in [5, 5.41) is 10.9. The molecule has 24 heavy (non-hydrogen) atoms. The van der Waals surface area contributed by atoms with E-state index in [-0.39, 0.29) is 24.0 Å². The molecule has 0 unspecified atom stereocenters. The number of hydrogen-bond donors (Lipinski definition) is 2. The van der Waals surface area contributed by atoms with Crippen LogP contribution >= 0.6 is 35.3 Å². The molecule has 2 N–H and O–H groups in total. The second-order valence-electron chi connectivity index (χ2n) is 5.45. The van der Waals surface area contributed by atoms with Crippen molar-refractivity contribution in [3.63, 3.8) is 0 Å². The molecule has 138 valence electrons. The zero-order valence-corrected chi connectivity index (χ0v) is 17.5. The summed E-state index contributed by atoms with van der Waals surface area (Å²) < 4.78 is 10.5. The van der Waals surface area contributed by atoms with Crippen LogP contribution in [0.25, 0.3) is 0 Å². The number of hydrogen-bond acceptors (Lipinski definition) is 5. The molecule has 1 fully saturated rings. The number of ether oxygens (including phenoxy) is 2. The molecule has 2 heterocycles. The fourth-order valence-corrected chi connectivity index (χ4v) is 2.99. The van der Waals surface area contributed by atoms with E-state index in [1.165, 1.54) is 5.56 Å². The van der Waals surface area contributed by atoms with Crippen molar-refractivity contribution >= 4 is 41.3 Å². The fraction of sp³-hybridized carbons (Fsp3) is 0.688. The molecule has 1 aliphatic heterocycles. The van der Waals surface area contributed by atoms with Crippen molar-refractivity contribution in [3.8, 4) is 0 Å². The lowest BCUT2D eigenvalue weighted by molar-refractivity contribution is 0.0376. The Morgan fingerprint density at radius 2 is 2.12 bits per heavy atom. The van der Waals surface area contributed by atoms with Gasteiger partial charge in [-0.25, -0.2) is 4.99 Å². The predicted octanol–water partition coefficient (Wildman–Crippen LogP) is 1.77. The molecule has 0 saturated carbocycles. The van der Waals surface area contributed by atoms with Crippen LogP contribution in [-0.2, 0) is 16.0 Å². The number of guanidine groups is 1. The molecule has 0 aliphatic carbocycles. The zero-order valence-electron chi connectivity index (χ0n) is 14.3. The van der Waals surface area contributed by atoms with E-state index in [1.54, 1.807) is 18.4 Å². The predicted molar refractivity (Wildman–Crippen MR) is 111 cm³/mol. The van der Waals surface area contributed by atoms with E-state index in [0.29, 0.717) is 13.2 Å². The van der Waals surface area contributed by atoms with Crippen molar-refractivity contribution < 1.29 is 9.47 Å². The Bertz CT molecular complexity index is 439. The molecule has 6 nitrogen and oxygen atoms in total. The average Bonchev–Trinajstić information content (AvgIpc) is 3.10. The number of halogens is 1. The molecular weight excluding hydrogens is 439 g/mol. The van der Waals surface area contributed by atoms with Crippen molar-refractivity contribution in [1.29, 1.82) is 0 Å². The van der Waals surface area contributed by atoms with E-state index in [9.17, 15) is 0 Å². The first-order valence-corrected chi connectivity index (χ1v) is 9.15. The molecule has 2 rings (SSSR count). The maximum Gasteiger partial charge on any atom is 0.191 e. The smallest absolute Gasteiger partial charge is 0.191 e. The summed E-state index contributed by atoms with van der Waals surface area (Å²) in [5.41, 5.74) is 1.25. The lowest BCUT2D eigenvalue weighted by Gasteiger charge is -2.26. The molecule has 0 atom stereocenters. The van der Waals surface area contributed by atoms with E-state index in [2.05, 4.69) is 37.4 Å². The van der Waals surface area contributed by atoms with Crippen molar-refractivity contribution in [2.75, 3.05) is 59.7 Å². The normalized spacial score (nSPS) is 15.8. The van der Waals surface area contributed by atoms with Gasteiger partial charge in [-0.2, -0.15) is 11.3 Å². The Kier molecular flexibility index (Phi) is 12.5. The summed E-state index contributed by atoms with van der Waals surface area (Å²) in [6.45, 7) is 7.97. The molecule has 0 amide bonds. The minimum absolute atomic E-state index is 0. The van der Waals surface area contributed by atoms with Gasteiger partial charge in [0.2, 0.25) is 0 Å². The van der Waals surface area contributed by atoms with Crippen LogP contribution in [-0.4, -0.2) is 70.5 Å². The quantitative estimate of drug-likeness (QED) is 0.251. The summed E-state index contributed by atoms with van der Waals surface area (Å²) >= 11 is 1.70. The second-order valence-corrected chi connectivity index (χ2v) is 6.23. The van der Waals surface area contributed by atoms with E-state index in [4.69, 9.17) is 9.47 Å². The molecular formula is C16H29IN4O2S. The van der Waals surface area contributed by atoms with Crippen LogP contribution < -0.4 is 10.6 Å². The molecule has 0 bridgehead atoms. The van der Waals surface area contributed by atoms with Crippen LogP contribution in [0, 0.1) is 0 Å². The monoisotopic (exact) mass is 468 g/mol. The minimum Gasteiger partial charge on any atom is -0.383 e. The standard InChI is InChI=1S/C16H28N4O2S.HI/c1-21-9-5-18-16(19-13-15-3-12-23-14-15)17-4-2-6-20-7-10-22-11-8-20;/h3,12,14H,2,4-11,13H2,1H3,(H2,17,18,19);1H. The summed E-state index contributed by atoms with van der Waals surface area (Å²) in [6.07, 6.45) is 1.10. The maximum absolute atomic E-state index is 5.37. The van der Waals surface area contributed by atoms with Gasteiger partial charge in [-0.15, -0.1) is 24.0 Å². The van der Waals surface area contributed by atoms with Gasteiger partial charge in [0.1, 0.15) is 0 Å². The molecule has 0 spiro atoms. The van der Waals surface area contributed by atoms with Gasteiger partial charge in [0.15, 0.2) is 5.96 Å². The zero-order chi connectivity index (χ0) is 16.2. The largest absolute Gasteiger partial charge is 0.383 e. The van der Waals surface area contributed by atoms with Crippen molar-refractivity contribution in [1.82, 2.24) is 15.5 Å². The first-order valence-electron chi connectivity index (χ1n) is 8.21. The topological polar surface area (TPSA) is 58.1 Å². The van der Waals surface area contributed by atoms with Crippen LogP contribution in [0.5, 0.6) is 0 Å². The average molecular weight is 468 g/mol. The maximum atomic E-state index is 5.37. The number of morpholine rings is 1. The van der Waals surface area contributed by atoms with Crippen LogP contribution in [0.3, 0.4) is 0 Å². The number of aliphatic imine (C=N–C) groups is 1. The number of thiophene rings is 1. The van der Waals surface area contributed by atoms with Crippen LogP contribution in [0.4, 0.5) is 0 Å². The third-order valence-corrected chi connectivity index (χ3v) is 4.38. The summed E-state index contributed by atoms with van der Waals surface area (Å²) in [7, 11) is 1.71. The van der Waals surface area contributed by atoms with Crippen LogP contribution in [0.2, 0.25) is 0 Å². The second kappa shape index (κ2) is 13.8. The van der Waals surface area contributed by atoms with Crippen molar-refractivity contribution in [3.05, 3.63) is 22.4 Å². The Balaban J connectivity index is 0.00000288. The Morgan fingerprint density at radius 1 is 1.33 bits per heavy atom. The number of methoxy groups -OCH3 is 1. The Labute approximate surface area is 166 Å². The number of rotatable bonds is 9. The first-order chi connectivity index (χ1) is 11.4. The molecule has 1 aliphatic rings. The van der Waals surface area contributed by atoms with Gasteiger partial charge in [-0.1, -0.05) is 0 Å². The molecule has 0 aromatic carbocycles. The third-order valence-electron chi connectivity index (χ3n) is 3.65. The highest BCUT2D eigenvalue weighted by molar-refractivity contribution is 14.0. The van der Waals surface area contributed by atoms with Gasteiger partial charge in [0.25, 0.3) is 0 Å². The van der Waals surface area contributed by atoms with Crippen molar-refractivity contribution in [2.24, 2.45) is 4.99 Å². The van der Waals surface area contributed by atoms with Gasteiger partial charge < -0.3 is 20.1 Å². The summed E-state index contributed by atoms with van der Waals surface area (Å²) in [6, 6.07) is 2.11. The third kappa shape index (κ3) is 9.16. The molecule has 1 aromatic heterocycles. The number of nitrogens with zero attached hydrogens (tertiary/aromatic N) is 2. The van der Waals surface area contributed by atoms with Crippen LogP contribution in [0.1, 0.15) is 12.0 Å². The van der Waals surface area contributed by atoms with E-state index >= 15 is 0 Å². The first kappa shape index (κ1) is 21.6. The van der Waals surface area contributed by atoms with E-state index in [1.807, 2.05) is 0 Å². The SMILES string of the molecule is COCCNC(=NCc1ccsc1)NCCCN1CCOCC1.I. The van der Waals surface area contributed by atoms with Gasteiger partial charge in [0.05, 0.1) is 26.4 Å². The minimum atomic E-state index is 0. The molecule has 1 aromatic rings. The van der Waals surface area contributed by atoms with Gasteiger partial charge in [0, 0.05) is 33.3 Å². The molecule has 0 radical (unpaired) electrons. The molecule has 1 saturated heterocycles.